The van der Waals surface area contributed by atoms with Crippen LogP contribution in [0.2, 0.25) is 0 Å². The molecule has 1 unspecified atom stereocenters. The van der Waals surface area contributed by atoms with Crippen LogP contribution < -0.4 is 5.32 Å². The van der Waals surface area contributed by atoms with E-state index in [0.717, 1.165) is 17.7 Å². The molecule has 4 rings (SSSR count). The summed E-state index contributed by atoms with van der Waals surface area (Å²) in [5.41, 5.74) is 1.44. The van der Waals surface area contributed by atoms with Gasteiger partial charge >= 0.3 is 12.3 Å². The number of hydrogen-bond donors (Lipinski definition) is 2. The van der Waals surface area contributed by atoms with Crippen molar-refractivity contribution in [3.05, 3.63) is 100 Å². The molecule has 34 heavy (non-hydrogen) atoms. The number of ether oxygens (including phenoxy) is 1. The van der Waals surface area contributed by atoms with Crippen LogP contribution in [0.1, 0.15) is 48.2 Å². The molecule has 0 spiro atoms. The summed E-state index contributed by atoms with van der Waals surface area (Å²) in [5.74, 6) is -0.673. The molecule has 0 aliphatic carbocycles. The molecule has 0 fully saturated rings. The quantitative estimate of drug-likeness (QED) is 0.459. The van der Waals surface area contributed by atoms with E-state index in [1.54, 1.807) is 13.8 Å². The molecule has 1 atom stereocenters. The third-order valence-electron chi connectivity index (χ3n) is 5.35. The smallest absolute Gasteiger partial charge is 0.449 e. The van der Waals surface area contributed by atoms with Gasteiger partial charge in [0.15, 0.2) is 5.82 Å². The second-order valence-corrected chi connectivity index (χ2v) is 7.76. The lowest BCUT2D eigenvalue weighted by molar-refractivity contribution is -0.137. The van der Waals surface area contributed by atoms with Crippen LogP contribution in [0.5, 0.6) is 0 Å². The van der Waals surface area contributed by atoms with Gasteiger partial charge in [0.1, 0.15) is 5.76 Å². The van der Waals surface area contributed by atoms with Crippen molar-refractivity contribution in [2.24, 2.45) is 0 Å². The molecule has 2 heterocycles. The number of alkyl halides is 3. The van der Waals surface area contributed by atoms with Gasteiger partial charge in [-0.15, -0.1) is 0 Å². The zero-order valence-corrected chi connectivity index (χ0v) is 18.2. The average Bonchev–Trinajstić information content (AvgIpc) is 3.23. The van der Waals surface area contributed by atoms with Gasteiger partial charge in [-0.2, -0.15) is 18.2 Å². The normalized spacial score (nSPS) is 16.4. The van der Waals surface area contributed by atoms with Crippen LogP contribution in [-0.2, 0) is 17.3 Å². The van der Waals surface area contributed by atoms with Gasteiger partial charge < -0.3 is 19.7 Å². The molecule has 0 saturated carbocycles. The Bertz CT molecular complexity index is 1280. The van der Waals surface area contributed by atoms with Crippen molar-refractivity contribution >= 4 is 11.7 Å². The predicted octanol–water partition coefficient (Wildman–Crippen LogP) is 5.72. The minimum Gasteiger partial charge on any atom is -0.449 e. The second kappa shape index (κ2) is 9.05. The number of allylic oxidation sites excluding steroid dienone is 3. The molecule has 0 saturated heterocycles. The lowest BCUT2D eigenvalue weighted by atomic mass is 9.84. The molecule has 0 radical (unpaired) electrons. The summed E-state index contributed by atoms with van der Waals surface area (Å²) in [5, 5.41) is 16.3. The fourth-order valence-electron chi connectivity index (χ4n) is 3.91. The zero-order chi connectivity index (χ0) is 24.5. The Morgan fingerprint density at radius 3 is 2.53 bits per heavy atom. The SMILES string of the molecule is CC1=C(OC(=O)O)C(c2cccc(C(F)(F)F)c2)C(c2nc(Cc3ccccc3)no2)=C(C)N1. The summed E-state index contributed by atoms with van der Waals surface area (Å²) in [4.78, 5) is 15.9. The Hall–Kier alpha value is -4.08. The van der Waals surface area contributed by atoms with E-state index in [-0.39, 0.29) is 17.2 Å². The lowest BCUT2D eigenvalue weighted by Crippen LogP contribution is -2.26. The van der Waals surface area contributed by atoms with Crippen molar-refractivity contribution in [2.45, 2.75) is 32.4 Å². The Morgan fingerprint density at radius 2 is 1.85 bits per heavy atom. The number of nitrogens with one attached hydrogen (secondary N) is 1. The molecule has 0 amide bonds. The number of carboxylic acid groups (broad SMARTS) is 1. The van der Waals surface area contributed by atoms with Gasteiger partial charge in [-0.1, -0.05) is 53.7 Å². The van der Waals surface area contributed by atoms with E-state index >= 15 is 0 Å². The minimum atomic E-state index is -4.58. The first-order valence-corrected chi connectivity index (χ1v) is 10.3. The summed E-state index contributed by atoms with van der Waals surface area (Å²) in [6, 6.07) is 14.1. The Labute approximate surface area is 192 Å². The van der Waals surface area contributed by atoms with Crippen LogP contribution >= 0.6 is 0 Å². The fourth-order valence-corrected chi connectivity index (χ4v) is 3.91. The van der Waals surface area contributed by atoms with Crippen LogP contribution in [0.15, 0.2) is 76.3 Å². The van der Waals surface area contributed by atoms with E-state index in [0.29, 0.717) is 29.2 Å². The molecule has 2 aromatic carbocycles. The second-order valence-electron chi connectivity index (χ2n) is 7.76. The molecule has 10 heteroatoms. The van der Waals surface area contributed by atoms with Gasteiger partial charge in [0.25, 0.3) is 5.89 Å². The highest BCUT2D eigenvalue weighted by molar-refractivity contribution is 5.75. The third kappa shape index (κ3) is 4.80. The summed E-state index contributed by atoms with van der Waals surface area (Å²) >= 11 is 0. The summed E-state index contributed by atoms with van der Waals surface area (Å²) < 4.78 is 50.8. The number of rotatable bonds is 5. The van der Waals surface area contributed by atoms with Crippen LogP contribution in [-0.4, -0.2) is 21.4 Å². The highest BCUT2D eigenvalue weighted by atomic mass is 19.4. The number of halogens is 3. The van der Waals surface area contributed by atoms with Crippen molar-refractivity contribution in [2.75, 3.05) is 0 Å². The van der Waals surface area contributed by atoms with E-state index in [1.165, 1.54) is 12.1 Å². The highest BCUT2D eigenvalue weighted by Gasteiger charge is 2.37. The molecule has 176 valence electrons. The van der Waals surface area contributed by atoms with Gasteiger partial charge in [0.05, 0.1) is 22.8 Å². The molecule has 1 aliphatic heterocycles. The molecule has 0 bridgehead atoms. The van der Waals surface area contributed by atoms with E-state index in [2.05, 4.69) is 15.5 Å². The van der Waals surface area contributed by atoms with E-state index < -0.39 is 23.8 Å². The summed E-state index contributed by atoms with van der Waals surface area (Å²) in [6.45, 7) is 3.27. The molecule has 1 aromatic heterocycles. The zero-order valence-electron chi connectivity index (χ0n) is 18.2. The Balaban J connectivity index is 1.80. The van der Waals surface area contributed by atoms with E-state index in [4.69, 9.17) is 9.26 Å². The van der Waals surface area contributed by atoms with Crippen molar-refractivity contribution in [3.8, 4) is 0 Å². The maximum Gasteiger partial charge on any atom is 0.511 e. The van der Waals surface area contributed by atoms with Gasteiger partial charge in [-0.3, -0.25) is 0 Å². The monoisotopic (exact) mass is 471 g/mol. The van der Waals surface area contributed by atoms with Crippen LogP contribution in [0.4, 0.5) is 18.0 Å². The van der Waals surface area contributed by atoms with E-state index in [9.17, 15) is 23.1 Å². The van der Waals surface area contributed by atoms with Crippen molar-refractivity contribution in [1.29, 1.82) is 0 Å². The standard InChI is InChI=1S/C24H20F3N3O4/c1-13-19(22-29-18(30-34-22)11-15-7-4-3-5-8-15)20(21(14(2)28-13)33-23(31)32)16-9-6-10-17(12-16)24(25,26)27/h3-10,12,20,28H,11H2,1-2H3,(H,31,32). The Morgan fingerprint density at radius 1 is 1.12 bits per heavy atom. The molecule has 2 N–H and O–H groups in total. The first-order valence-electron chi connectivity index (χ1n) is 10.3. The lowest BCUT2D eigenvalue weighted by Gasteiger charge is -2.29. The number of benzene rings is 2. The number of dihydropyridines is 1. The topological polar surface area (TPSA) is 97.5 Å². The van der Waals surface area contributed by atoms with Crippen LogP contribution in [0.25, 0.3) is 5.57 Å². The first-order chi connectivity index (χ1) is 16.1. The number of nitrogens with zero attached hydrogens (tertiary/aromatic N) is 2. The maximum atomic E-state index is 13.4. The van der Waals surface area contributed by atoms with Crippen LogP contribution in [0.3, 0.4) is 0 Å². The molecule has 3 aromatic rings. The first kappa shape index (κ1) is 23.1. The van der Waals surface area contributed by atoms with Gasteiger partial charge in [0, 0.05) is 12.1 Å². The summed E-state index contributed by atoms with van der Waals surface area (Å²) in [7, 11) is 0. The number of hydrogen-bond acceptors (Lipinski definition) is 6. The van der Waals surface area contributed by atoms with Crippen LogP contribution in [0, 0.1) is 0 Å². The predicted molar refractivity (Wildman–Crippen MR) is 115 cm³/mol. The van der Waals surface area contributed by atoms with Crippen molar-refractivity contribution in [3.63, 3.8) is 0 Å². The number of aromatic nitrogens is 2. The molecule has 7 nitrogen and oxygen atoms in total. The maximum absolute atomic E-state index is 13.4. The van der Waals surface area contributed by atoms with Crippen molar-refractivity contribution < 1.29 is 32.3 Å². The molecular weight excluding hydrogens is 451 g/mol. The fraction of sp³-hybridized carbons (Fsp3) is 0.208. The van der Waals surface area contributed by atoms with Gasteiger partial charge in [0.2, 0.25) is 0 Å². The minimum absolute atomic E-state index is 0.0531. The Kier molecular flexibility index (Phi) is 6.14. The third-order valence-corrected chi connectivity index (χ3v) is 5.35. The van der Waals surface area contributed by atoms with Gasteiger partial charge in [-0.05, 0) is 31.0 Å². The highest BCUT2D eigenvalue weighted by Crippen LogP contribution is 2.44. The van der Waals surface area contributed by atoms with Gasteiger partial charge in [-0.25, -0.2) is 4.79 Å². The molecule has 1 aliphatic rings. The van der Waals surface area contributed by atoms with Crippen molar-refractivity contribution in [1.82, 2.24) is 15.5 Å². The average molecular weight is 471 g/mol. The largest absolute Gasteiger partial charge is 0.511 e. The summed E-state index contributed by atoms with van der Waals surface area (Å²) in [6.07, 6.45) is -5.80. The van der Waals surface area contributed by atoms with E-state index in [1.807, 2.05) is 30.3 Å². The molecular formula is C24H20F3N3O4. The number of carbonyl (C=O) groups is 1.